The normalized spacial score (nSPS) is 15.4. The second kappa shape index (κ2) is 5.65. The van der Waals surface area contributed by atoms with Crippen LogP contribution >= 0.6 is 0 Å². The van der Waals surface area contributed by atoms with Crippen molar-refractivity contribution in [3.8, 4) is 0 Å². The van der Waals surface area contributed by atoms with Crippen molar-refractivity contribution in [2.45, 2.75) is 13.8 Å². The number of rotatable bonds is 4. The quantitative estimate of drug-likeness (QED) is 0.811. The Morgan fingerprint density at radius 3 is 2.43 bits per heavy atom. The Bertz CT molecular complexity index is 610. The number of nitrogens with zero attached hydrogens (tertiary/aromatic N) is 1. The zero-order valence-electron chi connectivity index (χ0n) is 12.3. The third kappa shape index (κ3) is 2.67. The number of carbonyl (C=O) groups is 3. The van der Waals surface area contributed by atoms with E-state index in [0.29, 0.717) is 16.8 Å². The number of carbonyl (C=O) groups excluding carboxylic acids is 3. The first kappa shape index (κ1) is 15.2. The van der Waals surface area contributed by atoms with Crippen LogP contribution in [0.5, 0.6) is 0 Å². The molecule has 1 unspecified atom stereocenters. The highest BCUT2D eigenvalue weighted by Gasteiger charge is 2.33. The fraction of sp³-hybridized carbons (Fsp3) is 0.400. The average Bonchev–Trinajstić information content (AvgIpc) is 2.64. The van der Waals surface area contributed by atoms with Crippen LogP contribution in [0.4, 0.5) is 5.69 Å². The largest absolute Gasteiger partial charge is 0.330 e. The molecule has 3 amide bonds. The summed E-state index contributed by atoms with van der Waals surface area (Å²) in [6.07, 6.45) is 0. The standard InChI is InChI=1S/C15H19N3O3/c1-8(2)12(7-16)13(19)17-9-4-5-10-11(6-9)15(21)18(3)14(10)20/h4-6,8,12H,7,16H2,1-3H3,(H,17,19). The molecule has 6 heteroatoms. The van der Waals surface area contributed by atoms with E-state index in [0.717, 1.165) is 4.90 Å². The van der Waals surface area contributed by atoms with Crippen molar-refractivity contribution in [1.29, 1.82) is 0 Å². The van der Waals surface area contributed by atoms with E-state index in [2.05, 4.69) is 5.32 Å². The lowest BCUT2D eigenvalue weighted by Gasteiger charge is -2.18. The minimum absolute atomic E-state index is 0.124. The summed E-state index contributed by atoms with van der Waals surface area (Å²) in [4.78, 5) is 36.9. The van der Waals surface area contributed by atoms with Crippen LogP contribution in [0.3, 0.4) is 0 Å². The average molecular weight is 289 g/mol. The highest BCUT2D eigenvalue weighted by molar-refractivity contribution is 6.21. The first-order chi connectivity index (χ1) is 9.86. The van der Waals surface area contributed by atoms with Crippen LogP contribution in [0.1, 0.15) is 34.6 Å². The zero-order chi connectivity index (χ0) is 15.7. The van der Waals surface area contributed by atoms with Gasteiger partial charge in [0.15, 0.2) is 0 Å². The number of amides is 3. The Morgan fingerprint density at radius 1 is 1.24 bits per heavy atom. The van der Waals surface area contributed by atoms with Gasteiger partial charge in [-0.2, -0.15) is 0 Å². The molecule has 1 aliphatic heterocycles. The molecule has 1 aromatic carbocycles. The zero-order valence-corrected chi connectivity index (χ0v) is 12.3. The summed E-state index contributed by atoms with van der Waals surface area (Å²) in [5.41, 5.74) is 6.78. The van der Waals surface area contributed by atoms with Gasteiger partial charge in [-0.05, 0) is 24.1 Å². The second-order valence-corrected chi connectivity index (χ2v) is 5.51. The molecule has 0 spiro atoms. The maximum absolute atomic E-state index is 12.1. The second-order valence-electron chi connectivity index (χ2n) is 5.51. The summed E-state index contributed by atoms with van der Waals surface area (Å²) in [5, 5.41) is 2.75. The Morgan fingerprint density at radius 2 is 1.86 bits per heavy atom. The molecule has 1 aliphatic rings. The van der Waals surface area contributed by atoms with Crippen LogP contribution in [0.15, 0.2) is 18.2 Å². The Labute approximate surface area is 123 Å². The molecule has 21 heavy (non-hydrogen) atoms. The minimum Gasteiger partial charge on any atom is -0.330 e. The van der Waals surface area contributed by atoms with Gasteiger partial charge in [-0.3, -0.25) is 19.3 Å². The van der Waals surface area contributed by atoms with Gasteiger partial charge in [0.1, 0.15) is 0 Å². The van der Waals surface area contributed by atoms with E-state index < -0.39 is 0 Å². The molecule has 2 rings (SSSR count). The van der Waals surface area contributed by atoms with Crippen LogP contribution in [-0.2, 0) is 4.79 Å². The van der Waals surface area contributed by atoms with Gasteiger partial charge in [0.05, 0.1) is 17.0 Å². The predicted molar refractivity (Wildman–Crippen MR) is 78.9 cm³/mol. The van der Waals surface area contributed by atoms with Gasteiger partial charge < -0.3 is 11.1 Å². The number of hydrogen-bond acceptors (Lipinski definition) is 4. The summed E-state index contributed by atoms with van der Waals surface area (Å²) < 4.78 is 0. The molecule has 1 atom stereocenters. The number of benzene rings is 1. The Hall–Kier alpha value is -2.21. The van der Waals surface area contributed by atoms with Crippen molar-refractivity contribution < 1.29 is 14.4 Å². The maximum Gasteiger partial charge on any atom is 0.261 e. The summed E-state index contributed by atoms with van der Waals surface area (Å²) in [6.45, 7) is 4.11. The van der Waals surface area contributed by atoms with Crippen molar-refractivity contribution in [3.05, 3.63) is 29.3 Å². The lowest BCUT2D eigenvalue weighted by molar-refractivity contribution is -0.120. The molecule has 1 aromatic rings. The van der Waals surface area contributed by atoms with E-state index in [-0.39, 0.29) is 36.1 Å². The van der Waals surface area contributed by atoms with Crippen LogP contribution < -0.4 is 11.1 Å². The van der Waals surface area contributed by atoms with Gasteiger partial charge in [0, 0.05) is 19.3 Å². The van der Waals surface area contributed by atoms with Gasteiger partial charge in [-0.25, -0.2) is 0 Å². The topological polar surface area (TPSA) is 92.5 Å². The van der Waals surface area contributed by atoms with E-state index in [1.807, 2.05) is 13.8 Å². The molecule has 0 aliphatic carbocycles. The van der Waals surface area contributed by atoms with Crippen LogP contribution in [0.25, 0.3) is 0 Å². The summed E-state index contributed by atoms with van der Waals surface area (Å²) in [6, 6.07) is 4.71. The molecule has 0 aromatic heterocycles. The molecule has 0 radical (unpaired) electrons. The first-order valence-electron chi connectivity index (χ1n) is 6.84. The van der Waals surface area contributed by atoms with Crippen molar-refractivity contribution in [3.63, 3.8) is 0 Å². The summed E-state index contributed by atoms with van der Waals surface area (Å²) in [5.74, 6) is -1.03. The molecule has 0 saturated carbocycles. The van der Waals surface area contributed by atoms with Gasteiger partial charge in [-0.15, -0.1) is 0 Å². The number of anilines is 1. The molecular formula is C15H19N3O3. The van der Waals surface area contributed by atoms with E-state index in [9.17, 15) is 14.4 Å². The molecule has 6 nitrogen and oxygen atoms in total. The number of nitrogens with one attached hydrogen (secondary N) is 1. The summed E-state index contributed by atoms with van der Waals surface area (Å²) in [7, 11) is 1.44. The highest BCUT2D eigenvalue weighted by Crippen LogP contribution is 2.25. The summed E-state index contributed by atoms with van der Waals surface area (Å²) >= 11 is 0. The van der Waals surface area contributed by atoms with E-state index in [1.54, 1.807) is 12.1 Å². The molecular weight excluding hydrogens is 270 g/mol. The highest BCUT2D eigenvalue weighted by atomic mass is 16.2. The van der Waals surface area contributed by atoms with Gasteiger partial charge in [0.25, 0.3) is 11.8 Å². The molecule has 1 heterocycles. The van der Waals surface area contributed by atoms with Crippen LogP contribution in [0.2, 0.25) is 0 Å². The van der Waals surface area contributed by atoms with E-state index >= 15 is 0 Å². The molecule has 3 N–H and O–H groups in total. The van der Waals surface area contributed by atoms with Crippen LogP contribution in [-0.4, -0.2) is 36.2 Å². The lowest BCUT2D eigenvalue weighted by Crippen LogP contribution is -2.33. The number of hydrogen-bond donors (Lipinski definition) is 2. The molecule has 112 valence electrons. The maximum atomic E-state index is 12.1. The molecule has 0 bridgehead atoms. The third-order valence-electron chi connectivity index (χ3n) is 3.75. The lowest BCUT2D eigenvalue weighted by atomic mass is 9.95. The first-order valence-corrected chi connectivity index (χ1v) is 6.84. The number of nitrogens with two attached hydrogens (primary N) is 1. The smallest absolute Gasteiger partial charge is 0.261 e. The predicted octanol–water partition coefficient (Wildman–Crippen LogP) is 1.08. The van der Waals surface area contributed by atoms with Crippen molar-refractivity contribution in [2.75, 3.05) is 18.9 Å². The minimum atomic E-state index is -0.356. The van der Waals surface area contributed by atoms with Gasteiger partial charge in [-0.1, -0.05) is 13.8 Å². The fourth-order valence-corrected chi connectivity index (χ4v) is 2.36. The monoisotopic (exact) mass is 289 g/mol. The van der Waals surface area contributed by atoms with E-state index in [4.69, 9.17) is 5.73 Å². The van der Waals surface area contributed by atoms with Crippen LogP contribution in [0, 0.1) is 11.8 Å². The number of imide groups is 1. The van der Waals surface area contributed by atoms with Gasteiger partial charge >= 0.3 is 0 Å². The fourth-order valence-electron chi connectivity index (χ4n) is 2.36. The molecule has 0 fully saturated rings. The van der Waals surface area contributed by atoms with Gasteiger partial charge in [0.2, 0.25) is 5.91 Å². The Kier molecular flexibility index (Phi) is 4.09. The Balaban J connectivity index is 2.23. The third-order valence-corrected chi connectivity index (χ3v) is 3.75. The SMILES string of the molecule is CC(C)C(CN)C(=O)Nc1ccc2c(c1)C(=O)N(C)C2=O. The molecule has 0 saturated heterocycles. The van der Waals surface area contributed by atoms with Crippen molar-refractivity contribution >= 4 is 23.4 Å². The number of fused-ring (bicyclic) bond motifs is 1. The van der Waals surface area contributed by atoms with Crippen molar-refractivity contribution in [1.82, 2.24) is 4.90 Å². The van der Waals surface area contributed by atoms with Crippen molar-refractivity contribution in [2.24, 2.45) is 17.6 Å². The van der Waals surface area contributed by atoms with E-state index in [1.165, 1.54) is 13.1 Å².